The van der Waals surface area contributed by atoms with Gasteiger partial charge in [0.2, 0.25) is 0 Å². The molecule has 3 aliphatic rings. The molecule has 48 heavy (non-hydrogen) atoms. The van der Waals surface area contributed by atoms with Crippen LogP contribution in [-0.4, -0.2) is 168 Å². The first kappa shape index (κ1) is 40.8. The lowest BCUT2D eigenvalue weighted by Crippen LogP contribution is -2.61. The summed E-state index contributed by atoms with van der Waals surface area (Å²) in [5.41, 5.74) is 0. The molecule has 7 unspecified atom stereocenters. The minimum absolute atomic E-state index is 0.105. The van der Waals surface area contributed by atoms with Gasteiger partial charge >= 0.3 is 11.9 Å². The molecule has 3 rings (SSSR count). The Hall–Kier alpha value is -1.62. The summed E-state index contributed by atoms with van der Waals surface area (Å²) in [7, 11) is 1.37. The third kappa shape index (κ3) is 9.79. The molecule has 18 heteroatoms. The molecule has 0 aliphatic carbocycles. The summed E-state index contributed by atoms with van der Waals surface area (Å²) in [6, 6.07) is 0. The van der Waals surface area contributed by atoms with E-state index in [0.717, 1.165) is 6.92 Å². The van der Waals surface area contributed by atoms with Crippen LogP contribution in [0.3, 0.4) is 0 Å². The Kier molecular flexibility index (Phi) is 16.3. The monoisotopic (exact) mass is 700 g/mol. The summed E-state index contributed by atoms with van der Waals surface area (Å²) in [4.78, 5) is 28.2. The van der Waals surface area contributed by atoms with Crippen molar-refractivity contribution in [1.29, 1.82) is 0 Å². The predicted molar refractivity (Wildman–Crippen MR) is 158 cm³/mol. The van der Waals surface area contributed by atoms with Crippen LogP contribution in [0.1, 0.15) is 40.5 Å². The van der Waals surface area contributed by atoms with Crippen LogP contribution < -0.4 is 0 Å². The molecule has 3 fully saturated rings. The van der Waals surface area contributed by atoms with Crippen LogP contribution >= 0.6 is 0 Å². The minimum atomic E-state index is -1.69. The average molecular weight is 701 g/mol. The van der Waals surface area contributed by atoms with Crippen molar-refractivity contribution in [3.8, 4) is 0 Å². The van der Waals surface area contributed by atoms with E-state index in [1.807, 2.05) is 0 Å². The molecule has 0 radical (unpaired) electrons. The Morgan fingerprint density at radius 1 is 0.729 bits per heavy atom. The highest BCUT2D eigenvalue weighted by Crippen LogP contribution is 2.35. The van der Waals surface area contributed by atoms with Crippen LogP contribution in [0.15, 0.2) is 0 Å². The molecular weight excluding hydrogens is 648 g/mol. The molecule has 0 bridgehead atoms. The zero-order chi connectivity index (χ0) is 35.7. The summed E-state index contributed by atoms with van der Waals surface area (Å²) in [6.45, 7) is 4.29. The Morgan fingerprint density at radius 2 is 1.38 bits per heavy atom. The van der Waals surface area contributed by atoms with Gasteiger partial charge in [-0.05, 0) is 12.8 Å². The molecule has 3 heterocycles. The number of carbonyl (C=O) groups excluding carboxylic acids is 2. The van der Waals surface area contributed by atoms with Gasteiger partial charge in [-0.2, -0.15) is 0 Å². The van der Waals surface area contributed by atoms with Crippen molar-refractivity contribution in [2.75, 3.05) is 40.1 Å². The molecular formula is C30H52O18. The molecule has 0 saturated carbocycles. The number of methoxy groups -OCH3 is 1. The van der Waals surface area contributed by atoms with E-state index in [9.17, 15) is 45.5 Å². The number of aliphatic hydroxyl groups is 6. The second kappa shape index (κ2) is 19.1. The predicted octanol–water partition coefficient (Wildman–Crippen LogP) is -2.30. The highest BCUT2D eigenvalue weighted by Gasteiger charge is 2.51. The van der Waals surface area contributed by atoms with Crippen LogP contribution in [0.2, 0.25) is 0 Å². The van der Waals surface area contributed by atoms with E-state index in [2.05, 4.69) is 4.89 Å². The van der Waals surface area contributed by atoms with Crippen LogP contribution in [-0.2, 0) is 52.4 Å². The summed E-state index contributed by atoms with van der Waals surface area (Å²) in [5.74, 6) is -4.00. The standard InChI is InChI=1S/C30H52O18/c1-6-15-22(34)19(8-31)45-21(26(15)43-13(3)32)12-41-9-16-24(36)25(37)30(47-27(16)18(7-2)48-39)42-10-17-23(35)20(11-40-5)46-29(38)28(17)44-14(4)33/h15-31,34-39H,6-12H2,1-5H3/t15-,16+,17-,18?,19?,20?,21+,22+,23+,24-,25?,26?,27?,28?,29-,30-/m1/s1. The van der Waals surface area contributed by atoms with E-state index < -0.39 is 123 Å². The quantitative estimate of drug-likeness (QED) is 0.0507. The Balaban J connectivity index is 1.75. The topological polar surface area (TPSA) is 259 Å². The van der Waals surface area contributed by atoms with Crippen molar-refractivity contribution in [2.24, 2.45) is 17.8 Å². The van der Waals surface area contributed by atoms with Crippen molar-refractivity contribution in [3.05, 3.63) is 0 Å². The maximum atomic E-state index is 11.9. The lowest BCUT2D eigenvalue weighted by molar-refractivity contribution is -0.358. The van der Waals surface area contributed by atoms with E-state index in [-0.39, 0.29) is 26.2 Å². The van der Waals surface area contributed by atoms with Crippen molar-refractivity contribution < 1.29 is 88.3 Å². The second-order valence-corrected chi connectivity index (χ2v) is 12.3. The van der Waals surface area contributed by atoms with Crippen molar-refractivity contribution in [1.82, 2.24) is 0 Å². The first-order valence-corrected chi connectivity index (χ1v) is 16.1. The van der Waals surface area contributed by atoms with E-state index in [1.54, 1.807) is 13.8 Å². The summed E-state index contributed by atoms with van der Waals surface area (Å²) < 4.78 is 44.5. The van der Waals surface area contributed by atoms with Gasteiger partial charge < -0.3 is 68.5 Å². The van der Waals surface area contributed by atoms with E-state index >= 15 is 0 Å². The SMILES string of the molecule is CCC(OO)C1O[C@@H](OC[C@H]2C(OC(C)=O)[C@H](O)OC(COC)[C@H]2O)C(O)[C@H](O)[C@@H]1COC[C@@H]1OC(CO)[C@@H](O)[C@@H](CC)C1OC(C)=O. The van der Waals surface area contributed by atoms with Crippen LogP contribution in [0.5, 0.6) is 0 Å². The molecule has 0 aromatic rings. The number of rotatable bonds is 16. The molecule has 280 valence electrons. The van der Waals surface area contributed by atoms with Gasteiger partial charge in [-0.25, -0.2) is 4.89 Å². The Labute approximate surface area is 278 Å². The highest BCUT2D eigenvalue weighted by molar-refractivity contribution is 5.66. The first-order valence-electron chi connectivity index (χ1n) is 16.1. The van der Waals surface area contributed by atoms with E-state index in [1.165, 1.54) is 14.0 Å². The number of ether oxygens (including phenoxy) is 8. The fourth-order valence-corrected chi connectivity index (χ4v) is 6.63. The lowest BCUT2D eigenvalue weighted by atomic mass is 9.84. The van der Waals surface area contributed by atoms with Gasteiger partial charge in [0.05, 0.1) is 63.4 Å². The molecule has 0 spiro atoms. The largest absolute Gasteiger partial charge is 0.459 e. The molecule has 0 amide bonds. The maximum Gasteiger partial charge on any atom is 0.303 e. The Bertz CT molecular complexity index is 983. The summed E-state index contributed by atoms with van der Waals surface area (Å²) >= 11 is 0. The smallest absolute Gasteiger partial charge is 0.303 e. The van der Waals surface area contributed by atoms with Gasteiger partial charge in [-0.1, -0.05) is 13.8 Å². The van der Waals surface area contributed by atoms with Gasteiger partial charge in [0.1, 0.15) is 36.6 Å². The van der Waals surface area contributed by atoms with Crippen molar-refractivity contribution in [2.45, 2.75) is 120 Å². The maximum absolute atomic E-state index is 11.9. The molecule has 18 nitrogen and oxygen atoms in total. The Morgan fingerprint density at radius 3 is 1.94 bits per heavy atom. The molecule has 0 aromatic heterocycles. The van der Waals surface area contributed by atoms with E-state index in [4.69, 9.17) is 37.9 Å². The fraction of sp³-hybridized carbons (Fsp3) is 0.933. The number of hydrogen-bond acceptors (Lipinski definition) is 18. The van der Waals surface area contributed by atoms with Gasteiger partial charge in [0.25, 0.3) is 0 Å². The molecule has 0 aromatic carbocycles. The average Bonchev–Trinajstić information content (AvgIpc) is 3.04. The normalized spacial score (nSPS) is 41.0. The van der Waals surface area contributed by atoms with Gasteiger partial charge in [-0.3, -0.25) is 14.8 Å². The number of aliphatic hydroxyl groups excluding tert-OH is 6. The third-order valence-corrected chi connectivity index (χ3v) is 9.11. The number of carbonyl (C=O) groups is 2. The lowest BCUT2D eigenvalue weighted by Gasteiger charge is -2.46. The number of hydrogen-bond donors (Lipinski definition) is 7. The first-order chi connectivity index (χ1) is 22.8. The van der Waals surface area contributed by atoms with Crippen LogP contribution in [0.4, 0.5) is 0 Å². The molecule has 3 saturated heterocycles. The summed E-state index contributed by atoms with van der Waals surface area (Å²) in [5, 5.41) is 73.8. The van der Waals surface area contributed by atoms with Crippen LogP contribution in [0.25, 0.3) is 0 Å². The molecule has 7 N–H and O–H groups in total. The zero-order valence-electron chi connectivity index (χ0n) is 27.8. The molecule has 16 atom stereocenters. The second-order valence-electron chi connectivity index (χ2n) is 12.3. The third-order valence-electron chi connectivity index (χ3n) is 9.11. The molecule has 3 aliphatic heterocycles. The summed E-state index contributed by atoms with van der Waals surface area (Å²) in [6.07, 6.45) is -15.5. The number of esters is 2. The van der Waals surface area contributed by atoms with Crippen LogP contribution in [0, 0.1) is 17.8 Å². The van der Waals surface area contributed by atoms with Crippen molar-refractivity contribution >= 4 is 11.9 Å². The minimum Gasteiger partial charge on any atom is -0.459 e. The van der Waals surface area contributed by atoms with Gasteiger partial charge in [0, 0.05) is 32.8 Å². The van der Waals surface area contributed by atoms with Crippen molar-refractivity contribution in [3.63, 3.8) is 0 Å². The fourth-order valence-electron chi connectivity index (χ4n) is 6.63. The van der Waals surface area contributed by atoms with E-state index in [0.29, 0.717) is 6.42 Å². The van der Waals surface area contributed by atoms with Gasteiger partial charge in [-0.15, -0.1) is 0 Å². The van der Waals surface area contributed by atoms with Gasteiger partial charge in [0.15, 0.2) is 18.7 Å². The zero-order valence-corrected chi connectivity index (χ0v) is 27.8. The highest BCUT2D eigenvalue weighted by atomic mass is 17.1.